The molecule has 1 aliphatic rings. The van der Waals surface area contributed by atoms with E-state index < -0.39 is 19.1 Å². The van der Waals surface area contributed by atoms with Crippen LogP contribution in [0, 0.1) is 5.92 Å². The van der Waals surface area contributed by atoms with Crippen LogP contribution in [-0.2, 0) is 4.79 Å². The minimum Gasteiger partial charge on any atom is -0.426 e. The number of amides is 2. The average Bonchev–Trinajstić information content (AvgIpc) is 2.79. The Bertz CT molecular complexity index is 894. The average molecular weight is 458 g/mol. The zero-order valence-corrected chi connectivity index (χ0v) is 18.7. The van der Waals surface area contributed by atoms with Crippen LogP contribution in [0.4, 0.5) is 0 Å². The van der Waals surface area contributed by atoms with Gasteiger partial charge in [0.1, 0.15) is 0 Å². The number of pyridine rings is 1. The Balaban J connectivity index is 1.69. The molecule has 0 spiro atoms. The molecule has 3 rings (SSSR count). The second-order valence-electron chi connectivity index (χ2n) is 8.35. The van der Waals surface area contributed by atoms with Gasteiger partial charge >= 0.3 is 7.12 Å². The Morgan fingerprint density at radius 2 is 1.91 bits per heavy atom. The van der Waals surface area contributed by atoms with Gasteiger partial charge in [0, 0.05) is 17.4 Å². The van der Waals surface area contributed by atoms with Crippen LogP contribution in [0.1, 0.15) is 66.9 Å². The lowest BCUT2D eigenvalue weighted by Crippen LogP contribution is -2.48. The van der Waals surface area contributed by atoms with Crippen LogP contribution in [0.15, 0.2) is 48.8 Å². The number of carbonyl (C=O) groups excluding carboxylic acids is 2. The van der Waals surface area contributed by atoms with E-state index in [-0.39, 0.29) is 18.2 Å². The number of nitrogens with one attached hydrogen (secondary N) is 2. The lowest BCUT2D eigenvalue weighted by Gasteiger charge is -2.27. The van der Waals surface area contributed by atoms with E-state index >= 15 is 0 Å². The molecule has 2 amide bonds. The Morgan fingerprint density at radius 3 is 2.56 bits per heavy atom. The fourth-order valence-electron chi connectivity index (χ4n) is 4.20. The fourth-order valence-corrected chi connectivity index (χ4v) is 4.40. The maximum Gasteiger partial charge on any atom is 0.475 e. The molecular weight excluding hydrogens is 429 g/mol. The summed E-state index contributed by atoms with van der Waals surface area (Å²) in [4.78, 5) is 29.5. The molecule has 1 saturated carbocycles. The molecule has 9 heteroatoms. The predicted octanol–water partition coefficient (Wildman–Crippen LogP) is 3.06. The summed E-state index contributed by atoms with van der Waals surface area (Å²) in [6.07, 6.45) is 9.00. The van der Waals surface area contributed by atoms with Gasteiger partial charge in [0.25, 0.3) is 5.91 Å². The maximum absolute atomic E-state index is 12.9. The first kappa shape index (κ1) is 24.2. The summed E-state index contributed by atoms with van der Waals surface area (Å²) in [5, 5.41) is 25.8. The predicted molar refractivity (Wildman–Crippen MR) is 124 cm³/mol. The fraction of sp³-hybridized carbons (Fsp3) is 0.435. The summed E-state index contributed by atoms with van der Waals surface area (Å²) < 4.78 is 0. The summed E-state index contributed by atoms with van der Waals surface area (Å²) in [5.74, 6) is -1.13. The summed E-state index contributed by atoms with van der Waals surface area (Å²) in [5.41, 5.74) is 1.05. The van der Waals surface area contributed by atoms with Gasteiger partial charge < -0.3 is 20.7 Å². The number of halogens is 1. The first-order valence-corrected chi connectivity index (χ1v) is 11.4. The molecule has 1 fully saturated rings. The van der Waals surface area contributed by atoms with Crippen molar-refractivity contribution in [2.75, 3.05) is 0 Å². The Labute approximate surface area is 193 Å². The van der Waals surface area contributed by atoms with Crippen LogP contribution in [0.3, 0.4) is 0 Å². The normalized spacial score (nSPS) is 16.1. The molecule has 32 heavy (non-hydrogen) atoms. The van der Waals surface area contributed by atoms with Crippen molar-refractivity contribution in [2.24, 2.45) is 5.92 Å². The van der Waals surface area contributed by atoms with Crippen LogP contribution in [0.2, 0.25) is 5.02 Å². The Morgan fingerprint density at radius 1 is 1.12 bits per heavy atom. The van der Waals surface area contributed by atoms with Gasteiger partial charge in [-0.1, -0.05) is 55.8 Å². The second-order valence-corrected chi connectivity index (χ2v) is 8.79. The third kappa shape index (κ3) is 7.33. The molecule has 2 atom stereocenters. The Kier molecular flexibility index (Phi) is 9.08. The van der Waals surface area contributed by atoms with E-state index in [2.05, 4.69) is 15.6 Å². The van der Waals surface area contributed by atoms with E-state index in [4.69, 9.17) is 11.6 Å². The zero-order chi connectivity index (χ0) is 22.9. The number of benzene rings is 1. The number of hydrogen-bond acceptors (Lipinski definition) is 5. The van der Waals surface area contributed by atoms with Crippen LogP contribution < -0.4 is 10.6 Å². The molecular formula is C23H29BClN3O4. The number of nitrogens with zero attached hydrogens (tertiary/aromatic N) is 1. The second kappa shape index (κ2) is 12.0. The molecule has 0 bridgehead atoms. The van der Waals surface area contributed by atoms with E-state index in [1.807, 2.05) is 0 Å². The van der Waals surface area contributed by atoms with Gasteiger partial charge in [0.15, 0.2) is 0 Å². The summed E-state index contributed by atoms with van der Waals surface area (Å²) in [7, 11) is -1.64. The third-order valence-electron chi connectivity index (χ3n) is 5.89. The molecule has 1 aliphatic carbocycles. The highest BCUT2D eigenvalue weighted by atomic mass is 35.5. The number of hydrogen-bond donors (Lipinski definition) is 4. The van der Waals surface area contributed by atoms with Gasteiger partial charge in [-0.2, -0.15) is 0 Å². The van der Waals surface area contributed by atoms with E-state index in [1.165, 1.54) is 12.6 Å². The van der Waals surface area contributed by atoms with Crippen molar-refractivity contribution in [1.29, 1.82) is 0 Å². The summed E-state index contributed by atoms with van der Waals surface area (Å²) in [6.45, 7) is 0. The van der Waals surface area contributed by atoms with Crippen LogP contribution in [-0.4, -0.2) is 39.9 Å². The van der Waals surface area contributed by atoms with Crippen molar-refractivity contribution in [1.82, 2.24) is 15.6 Å². The zero-order valence-electron chi connectivity index (χ0n) is 17.9. The molecule has 170 valence electrons. The van der Waals surface area contributed by atoms with Crippen molar-refractivity contribution in [2.45, 2.75) is 56.9 Å². The third-order valence-corrected chi connectivity index (χ3v) is 6.12. The van der Waals surface area contributed by atoms with Gasteiger partial charge in [-0.3, -0.25) is 14.6 Å². The first-order chi connectivity index (χ1) is 15.4. The van der Waals surface area contributed by atoms with E-state index in [1.54, 1.807) is 42.6 Å². The van der Waals surface area contributed by atoms with Gasteiger partial charge in [-0.15, -0.1) is 0 Å². The van der Waals surface area contributed by atoms with Crippen molar-refractivity contribution < 1.29 is 19.6 Å². The smallest absolute Gasteiger partial charge is 0.426 e. The van der Waals surface area contributed by atoms with Gasteiger partial charge in [0.2, 0.25) is 5.91 Å². The first-order valence-electron chi connectivity index (χ1n) is 11.0. The topological polar surface area (TPSA) is 112 Å². The quantitative estimate of drug-likeness (QED) is 0.432. The lowest BCUT2D eigenvalue weighted by atomic mass is 9.71. The lowest BCUT2D eigenvalue weighted by molar-refractivity contribution is -0.122. The minimum absolute atomic E-state index is 0.0692. The molecule has 1 unspecified atom stereocenters. The molecule has 2 aromatic rings. The molecule has 0 saturated heterocycles. The monoisotopic (exact) mass is 457 g/mol. The molecule has 1 heterocycles. The van der Waals surface area contributed by atoms with Gasteiger partial charge in [-0.05, 0) is 42.2 Å². The standard InChI is InChI=1S/C23H29BClN3O4/c25-19-10-4-8-17(13-19)20(27-23(30)18-9-5-11-26-15-18)14-22(29)28-21(24(31)32)12-16-6-2-1-3-7-16/h4-5,8-11,13,15-16,20-21,31-32H,1-3,6-7,12,14H2,(H,27,30)(H,28,29)/t20?,21-/m0/s1. The summed E-state index contributed by atoms with van der Waals surface area (Å²) in [6, 6.07) is 9.61. The maximum atomic E-state index is 12.9. The van der Waals surface area contributed by atoms with Crippen molar-refractivity contribution in [3.63, 3.8) is 0 Å². The van der Waals surface area contributed by atoms with Crippen molar-refractivity contribution in [3.8, 4) is 0 Å². The molecule has 7 nitrogen and oxygen atoms in total. The van der Waals surface area contributed by atoms with Crippen LogP contribution >= 0.6 is 11.6 Å². The number of carbonyl (C=O) groups is 2. The molecule has 0 radical (unpaired) electrons. The van der Waals surface area contributed by atoms with E-state index in [0.29, 0.717) is 28.5 Å². The minimum atomic E-state index is -1.64. The van der Waals surface area contributed by atoms with Crippen molar-refractivity contribution >= 4 is 30.5 Å². The SMILES string of the molecule is O=C(CC(NC(=O)c1cccnc1)c1cccc(Cl)c1)N[C@@H](CC1CCCCC1)B(O)O. The highest BCUT2D eigenvalue weighted by Gasteiger charge is 2.30. The largest absolute Gasteiger partial charge is 0.475 e. The van der Waals surface area contributed by atoms with Gasteiger partial charge in [-0.25, -0.2) is 0 Å². The van der Waals surface area contributed by atoms with E-state index in [0.717, 1.165) is 25.7 Å². The van der Waals surface area contributed by atoms with E-state index in [9.17, 15) is 19.6 Å². The van der Waals surface area contributed by atoms with Crippen molar-refractivity contribution in [3.05, 3.63) is 64.9 Å². The molecule has 1 aromatic heterocycles. The number of aromatic nitrogens is 1. The molecule has 1 aromatic carbocycles. The highest BCUT2D eigenvalue weighted by Crippen LogP contribution is 2.28. The summed E-state index contributed by atoms with van der Waals surface area (Å²) >= 11 is 6.12. The van der Waals surface area contributed by atoms with Crippen LogP contribution in [0.25, 0.3) is 0 Å². The van der Waals surface area contributed by atoms with Gasteiger partial charge in [0.05, 0.1) is 24.0 Å². The highest BCUT2D eigenvalue weighted by molar-refractivity contribution is 6.43. The van der Waals surface area contributed by atoms with Crippen LogP contribution in [0.5, 0.6) is 0 Å². The number of rotatable bonds is 9. The Hall–Kier alpha value is -2.42. The molecule has 4 N–H and O–H groups in total. The molecule has 0 aliphatic heterocycles.